The van der Waals surface area contributed by atoms with E-state index in [-0.39, 0.29) is 5.63 Å². The van der Waals surface area contributed by atoms with E-state index in [9.17, 15) is 4.79 Å². The van der Waals surface area contributed by atoms with Crippen LogP contribution in [0.25, 0.3) is 11.0 Å². The first-order chi connectivity index (χ1) is 9.45. The highest BCUT2D eigenvalue weighted by molar-refractivity contribution is 6.17. The van der Waals surface area contributed by atoms with E-state index >= 15 is 0 Å². The second kappa shape index (κ2) is 5.85. The third-order valence-electron chi connectivity index (χ3n) is 3.33. The molecule has 0 saturated heterocycles. The Bertz CT molecular complexity index is 664. The molecule has 0 aliphatic carbocycles. The van der Waals surface area contributed by atoms with Gasteiger partial charge in [-0.15, -0.1) is 11.6 Å². The molecule has 0 aliphatic rings. The van der Waals surface area contributed by atoms with Crippen LogP contribution in [0.2, 0.25) is 0 Å². The number of fused-ring (bicyclic) bond motifs is 1. The number of quaternary nitrogens is 1. The summed E-state index contributed by atoms with van der Waals surface area (Å²) in [4.78, 5) is 11.7. The number of rotatable bonds is 5. The first kappa shape index (κ1) is 14.9. The molecule has 1 aromatic heterocycles. The van der Waals surface area contributed by atoms with E-state index in [1.54, 1.807) is 19.2 Å². The lowest BCUT2D eigenvalue weighted by Gasteiger charge is -2.29. The largest absolute Gasteiger partial charge is 0.497 e. The van der Waals surface area contributed by atoms with E-state index in [1.807, 2.05) is 12.1 Å². The zero-order valence-electron chi connectivity index (χ0n) is 12.0. The van der Waals surface area contributed by atoms with Crippen molar-refractivity contribution in [3.05, 3.63) is 40.2 Å². The molecule has 0 saturated carbocycles. The second-order valence-electron chi connectivity index (χ2n) is 5.46. The van der Waals surface area contributed by atoms with Crippen molar-refractivity contribution in [2.24, 2.45) is 0 Å². The summed E-state index contributed by atoms with van der Waals surface area (Å²) in [7, 11) is 5.77. The Morgan fingerprint density at radius 1 is 1.30 bits per heavy atom. The molecule has 0 fully saturated rings. The molecule has 0 N–H and O–H groups in total. The van der Waals surface area contributed by atoms with Gasteiger partial charge in [0.2, 0.25) is 0 Å². The van der Waals surface area contributed by atoms with Gasteiger partial charge in [0, 0.05) is 23.1 Å². The van der Waals surface area contributed by atoms with E-state index in [0.717, 1.165) is 24.0 Å². The Morgan fingerprint density at radius 2 is 2.05 bits per heavy atom. The molecule has 108 valence electrons. The van der Waals surface area contributed by atoms with Gasteiger partial charge in [-0.05, 0) is 12.1 Å². The lowest BCUT2D eigenvalue weighted by atomic mass is 10.1. The van der Waals surface area contributed by atoms with Crippen molar-refractivity contribution in [3.8, 4) is 5.75 Å². The Hall–Kier alpha value is -1.52. The lowest BCUT2D eigenvalue weighted by molar-refractivity contribution is -0.901. The van der Waals surface area contributed by atoms with E-state index in [2.05, 4.69) is 14.1 Å². The van der Waals surface area contributed by atoms with Gasteiger partial charge < -0.3 is 13.6 Å². The van der Waals surface area contributed by atoms with Crippen LogP contribution < -0.4 is 10.4 Å². The fourth-order valence-electron chi connectivity index (χ4n) is 2.24. The number of ether oxygens (including phenoxy) is 1. The van der Waals surface area contributed by atoms with Gasteiger partial charge >= 0.3 is 5.63 Å². The fourth-order valence-corrected chi connectivity index (χ4v) is 2.69. The standard InChI is InChI=1S/C15H19ClNO3/c1-17(2,7-6-16)10-11-8-15(18)20-14-9-12(19-3)4-5-13(11)14/h4-5,8-9H,6-7,10H2,1-3H3/q+1. The Labute approximate surface area is 123 Å². The molecule has 0 bridgehead atoms. The van der Waals surface area contributed by atoms with Crippen molar-refractivity contribution in [2.45, 2.75) is 6.54 Å². The number of nitrogens with zero attached hydrogens (tertiary/aromatic N) is 1. The molecule has 0 atom stereocenters. The first-order valence-corrected chi connectivity index (χ1v) is 6.97. The summed E-state index contributed by atoms with van der Waals surface area (Å²) in [5, 5.41) is 0.936. The molecule has 2 rings (SSSR count). The van der Waals surface area contributed by atoms with Gasteiger partial charge in [0.05, 0.1) is 33.6 Å². The van der Waals surface area contributed by atoms with Gasteiger partial charge in [-0.1, -0.05) is 0 Å². The zero-order chi connectivity index (χ0) is 14.8. The second-order valence-corrected chi connectivity index (χ2v) is 5.84. The summed E-state index contributed by atoms with van der Waals surface area (Å²) in [5.74, 6) is 1.26. The highest BCUT2D eigenvalue weighted by atomic mass is 35.5. The maximum Gasteiger partial charge on any atom is 0.336 e. The first-order valence-electron chi connectivity index (χ1n) is 6.44. The maximum atomic E-state index is 11.7. The SMILES string of the molecule is COc1ccc2c(C[N+](C)(C)CCCl)cc(=O)oc2c1. The Morgan fingerprint density at radius 3 is 2.70 bits per heavy atom. The van der Waals surface area contributed by atoms with Crippen LogP contribution in [0.5, 0.6) is 5.75 Å². The van der Waals surface area contributed by atoms with Crippen molar-refractivity contribution in [1.29, 1.82) is 0 Å². The summed E-state index contributed by atoms with van der Waals surface area (Å²) >= 11 is 5.83. The molecule has 4 nitrogen and oxygen atoms in total. The summed E-state index contributed by atoms with van der Waals surface area (Å²) in [5.41, 5.74) is 1.18. The summed E-state index contributed by atoms with van der Waals surface area (Å²) < 4.78 is 11.1. The molecule has 1 heterocycles. The summed E-state index contributed by atoms with van der Waals surface area (Å²) in [6.45, 7) is 1.56. The van der Waals surface area contributed by atoms with Crippen LogP contribution in [0.4, 0.5) is 0 Å². The molecular weight excluding hydrogens is 278 g/mol. The molecule has 5 heteroatoms. The lowest BCUT2D eigenvalue weighted by Crippen LogP contribution is -2.40. The average Bonchev–Trinajstić information content (AvgIpc) is 2.37. The van der Waals surface area contributed by atoms with E-state index < -0.39 is 0 Å². The molecule has 0 unspecified atom stereocenters. The monoisotopic (exact) mass is 296 g/mol. The number of methoxy groups -OCH3 is 1. The number of alkyl halides is 1. The predicted octanol–water partition coefficient (Wildman–Crippen LogP) is 2.62. The third-order valence-corrected chi connectivity index (χ3v) is 3.49. The van der Waals surface area contributed by atoms with Crippen LogP contribution in [0, 0.1) is 0 Å². The quantitative estimate of drug-likeness (QED) is 0.484. The van der Waals surface area contributed by atoms with Crippen molar-refractivity contribution in [2.75, 3.05) is 33.6 Å². The van der Waals surface area contributed by atoms with Crippen LogP contribution in [-0.2, 0) is 6.54 Å². The minimum Gasteiger partial charge on any atom is -0.497 e. The van der Waals surface area contributed by atoms with Crippen molar-refractivity contribution in [1.82, 2.24) is 0 Å². The van der Waals surface area contributed by atoms with Gasteiger partial charge in [0.1, 0.15) is 17.9 Å². The predicted molar refractivity (Wildman–Crippen MR) is 80.4 cm³/mol. The Balaban J connectivity index is 2.50. The molecule has 0 radical (unpaired) electrons. The zero-order valence-corrected chi connectivity index (χ0v) is 12.7. The Kier molecular flexibility index (Phi) is 4.35. The normalized spacial score (nSPS) is 11.8. The van der Waals surface area contributed by atoms with Crippen LogP contribution in [0.3, 0.4) is 0 Å². The van der Waals surface area contributed by atoms with Gasteiger partial charge in [-0.2, -0.15) is 0 Å². The van der Waals surface area contributed by atoms with Crippen molar-refractivity contribution >= 4 is 22.6 Å². The van der Waals surface area contributed by atoms with E-state index in [0.29, 0.717) is 21.7 Å². The fraction of sp³-hybridized carbons (Fsp3) is 0.400. The van der Waals surface area contributed by atoms with Crippen LogP contribution >= 0.6 is 11.6 Å². The maximum absolute atomic E-state index is 11.7. The molecule has 1 aromatic carbocycles. The minimum absolute atomic E-state index is 0.341. The van der Waals surface area contributed by atoms with Crippen LogP contribution in [-0.4, -0.2) is 38.1 Å². The summed E-state index contributed by atoms with van der Waals surface area (Å²) in [6.07, 6.45) is 0. The van der Waals surface area contributed by atoms with Gasteiger partial charge in [0.25, 0.3) is 0 Å². The average molecular weight is 297 g/mol. The van der Waals surface area contributed by atoms with Gasteiger partial charge in [0.15, 0.2) is 0 Å². The number of benzene rings is 1. The summed E-state index contributed by atoms with van der Waals surface area (Å²) in [6, 6.07) is 7.09. The van der Waals surface area contributed by atoms with Crippen LogP contribution in [0.1, 0.15) is 5.56 Å². The number of halogens is 1. The van der Waals surface area contributed by atoms with Crippen LogP contribution in [0.15, 0.2) is 33.5 Å². The minimum atomic E-state index is -0.341. The van der Waals surface area contributed by atoms with Gasteiger partial charge in [-0.25, -0.2) is 4.79 Å². The molecule has 20 heavy (non-hydrogen) atoms. The molecule has 0 spiro atoms. The molecule has 0 aliphatic heterocycles. The van der Waals surface area contributed by atoms with Gasteiger partial charge in [-0.3, -0.25) is 0 Å². The third kappa shape index (κ3) is 3.32. The molecule has 2 aromatic rings. The van der Waals surface area contributed by atoms with E-state index in [4.69, 9.17) is 20.8 Å². The van der Waals surface area contributed by atoms with Crippen molar-refractivity contribution < 1.29 is 13.6 Å². The number of hydrogen-bond acceptors (Lipinski definition) is 3. The topological polar surface area (TPSA) is 39.4 Å². The molecular formula is C15H19ClNO3+. The van der Waals surface area contributed by atoms with E-state index in [1.165, 1.54) is 0 Å². The highest BCUT2D eigenvalue weighted by Crippen LogP contribution is 2.24. The van der Waals surface area contributed by atoms with Crippen molar-refractivity contribution in [3.63, 3.8) is 0 Å². The smallest absolute Gasteiger partial charge is 0.336 e. The highest BCUT2D eigenvalue weighted by Gasteiger charge is 2.18. The molecule has 0 amide bonds. The number of hydrogen-bond donors (Lipinski definition) is 0.